The molecule has 0 aliphatic heterocycles. The maximum atomic E-state index is 12.6. The van der Waals surface area contributed by atoms with Gasteiger partial charge in [-0.25, -0.2) is 0 Å². The summed E-state index contributed by atoms with van der Waals surface area (Å²) in [6.45, 7) is 2.29. The average molecular weight is 379 g/mol. The summed E-state index contributed by atoms with van der Waals surface area (Å²) < 4.78 is 6.73. The second kappa shape index (κ2) is 8.39. The molecule has 2 aromatic carbocycles. The third kappa shape index (κ3) is 4.03. The predicted molar refractivity (Wildman–Crippen MR) is 108 cm³/mol. The lowest BCUT2D eigenvalue weighted by Gasteiger charge is -2.13. The largest absolute Gasteiger partial charge is 0.494 e. The van der Waals surface area contributed by atoms with Crippen molar-refractivity contribution >= 4 is 28.4 Å². The van der Waals surface area contributed by atoms with E-state index in [0.29, 0.717) is 28.9 Å². The Labute approximate surface area is 161 Å². The number of amides is 2. The van der Waals surface area contributed by atoms with E-state index in [1.54, 1.807) is 48.5 Å². The molecule has 0 spiro atoms. The molecule has 0 fully saturated rings. The summed E-state index contributed by atoms with van der Waals surface area (Å²) in [4.78, 5) is 37.1. The van der Waals surface area contributed by atoms with E-state index in [1.807, 2.05) is 6.92 Å². The van der Waals surface area contributed by atoms with Gasteiger partial charge in [-0.05, 0) is 37.3 Å². The van der Waals surface area contributed by atoms with Gasteiger partial charge in [-0.15, -0.1) is 0 Å². The molecule has 3 rings (SSSR count). The molecule has 0 aliphatic rings. The first-order valence-corrected chi connectivity index (χ1v) is 8.91. The highest BCUT2D eigenvalue weighted by molar-refractivity contribution is 6.06. The van der Waals surface area contributed by atoms with Crippen LogP contribution in [0.3, 0.4) is 0 Å². The van der Waals surface area contributed by atoms with Crippen LogP contribution in [0.4, 0.5) is 5.69 Å². The molecule has 1 heterocycles. The minimum Gasteiger partial charge on any atom is -0.494 e. The third-order valence-corrected chi connectivity index (χ3v) is 4.24. The van der Waals surface area contributed by atoms with Gasteiger partial charge in [-0.3, -0.25) is 19.0 Å². The van der Waals surface area contributed by atoms with Crippen molar-refractivity contribution in [2.45, 2.75) is 13.5 Å². The quantitative estimate of drug-likeness (QED) is 0.688. The van der Waals surface area contributed by atoms with Crippen LogP contribution in [-0.4, -0.2) is 30.0 Å². The van der Waals surface area contributed by atoms with Crippen molar-refractivity contribution in [3.05, 3.63) is 70.5 Å². The topological polar surface area (TPSA) is 89.4 Å². The van der Waals surface area contributed by atoms with Gasteiger partial charge in [0.1, 0.15) is 12.3 Å². The number of nitrogens with one attached hydrogen (secondary N) is 2. The first-order chi connectivity index (χ1) is 13.5. The fourth-order valence-corrected chi connectivity index (χ4v) is 2.97. The van der Waals surface area contributed by atoms with Gasteiger partial charge in [0.2, 0.25) is 5.91 Å². The maximum absolute atomic E-state index is 12.6. The van der Waals surface area contributed by atoms with Crippen LogP contribution in [0.5, 0.6) is 5.75 Å². The molecule has 0 aliphatic carbocycles. The maximum Gasteiger partial charge on any atom is 0.252 e. The van der Waals surface area contributed by atoms with E-state index >= 15 is 0 Å². The molecule has 0 saturated carbocycles. The number of hydrogen-bond donors (Lipinski definition) is 2. The minimum atomic E-state index is -0.417. The lowest BCUT2D eigenvalue weighted by Crippen LogP contribution is -2.30. The molecule has 0 saturated heterocycles. The second-order valence-electron chi connectivity index (χ2n) is 6.08. The number of nitrogens with zero attached hydrogens (tertiary/aromatic N) is 1. The summed E-state index contributed by atoms with van der Waals surface area (Å²) in [5.74, 6) is 0.0240. The minimum absolute atomic E-state index is 0.166. The van der Waals surface area contributed by atoms with Crippen LogP contribution in [0.1, 0.15) is 17.3 Å². The highest BCUT2D eigenvalue weighted by atomic mass is 16.5. The van der Waals surface area contributed by atoms with Gasteiger partial charge in [0.05, 0.1) is 17.7 Å². The molecule has 2 amide bonds. The molecular weight excluding hydrogens is 358 g/mol. The van der Waals surface area contributed by atoms with Gasteiger partial charge >= 0.3 is 0 Å². The number of pyridine rings is 1. The molecule has 0 unspecified atom stereocenters. The molecule has 28 heavy (non-hydrogen) atoms. The number of para-hydroxylation sites is 1. The standard InChI is InChI=1S/C21H21N3O4/c1-3-28-15-10-8-14(9-11-15)23-19(25)13-24-18-7-5-4-6-16(18)17(12-20(24)26)21(27)22-2/h4-12H,3,13H2,1-2H3,(H,22,27)(H,23,25). The van der Waals surface area contributed by atoms with Crippen LogP contribution < -0.4 is 20.9 Å². The van der Waals surface area contributed by atoms with Crippen molar-refractivity contribution in [1.29, 1.82) is 0 Å². The summed E-state index contributed by atoms with van der Waals surface area (Å²) in [6.07, 6.45) is 0. The number of carbonyl (C=O) groups excluding carboxylic acids is 2. The zero-order valence-corrected chi connectivity index (χ0v) is 15.7. The van der Waals surface area contributed by atoms with E-state index in [2.05, 4.69) is 10.6 Å². The highest BCUT2D eigenvalue weighted by Crippen LogP contribution is 2.18. The lowest BCUT2D eigenvalue weighted by atomic mass is 10.1. The monoisotopic (exact) mass is 379 g/mol. The van der Waals surface area contributed by atoms with E-state index in [4.69, 9.17) is 4.74 Å². The lowest BCUT2D eigenvalue weighted by molar-refractivity contribution is -0.116. The molecule has 7 nitrogen and oxygen atoms in total. The Kier molecular flexibility index (Phi) is 5.74. The van der Waals surface area contributed by atoms with Gasteiger partial charge in [-0.1, -0.05) is 18.2 Å². The number of fused-ring (bicyclic) bond motifs is 1. The molecular formula is C21H21N3O4. The fourth-order valence-electron chi connectivity index (χ4n) is 2.97. The Hall–Kier alpha value is -3.61. The first-order valence-electron chi connectivity index (χ1n) is 8.91. The number of rotatable bonds is 6. The van der Waals surface area contributed by atoms with Crippen molar-refractivity contribution in [3.63, 3.8) is 0 Å². The molecule has 144 valence electrons. The van der Waals surface area contributed by atoms with E-state index in [-0.39, 0.29) is 23.9 Å². The molecule has 0 bridgehead atoms. The van der Waals surface area contributed by atoms with Crippen molar-refractivity contribution in [2.75, 3.05) is 19.0 Å². The Morgan fingerprint density at radius 2 is 1.79 bits per heavy atom. The summed E-state index contributed by atoms with van der Waals surface area (Å²) in [5.41, 5.74) is 0.994. The van der Waals surface area contributed by atoms with Gasteiger partial charge < -0.3 is 15.4 Å². The van der Waals surface area contributed by atoms with Crippen LogP contribution in [0, 0.1) is 0 Å². The van der Waals surface area contributed by atoms with E-state index in [1.165, 1.54) is 17.7 Å². The SMILES string of the molecule is CCOc1ccc(NC(=O)Cn2c(=O)cc(C(=O)NC)c3ccccc32)cc1. The van der Waals surface area contributed by atoms with Crippen molar-refractivity contribution in [2.24, 2.45) is 0 Å². The molecule has 0 radical (unpaired) electrons. The summed E-state index contributed by atoms with van der Waals surface area (Å²) in [6, 6.07) is 15.3. The van der Waals surface area contributed by atoms with Gasteiger partial charge in [0.15, 0.2) is 0 Å². The summed E-state index contributed by atoms with van der Waals surface area (Å²) >= 11 is 0. The number of hydrogen-bond acceptors (Lipinski definition) is 4. The highest BCUT2D eigenvalue weighted by Gasteiger charge is 2.15. The Balaban J connectivity index is 1.87. The van der Waals surface area contributed by atoms with E-state index < -0.39 is 5.56 Å². The Bertz CT molecular complexity index is 1070. The first kappa shape index (κ1) is 19.2. The molecule has 0 atom stereocenters. The van der Waals surface area contributed by atoms with Gasteiger partial charge in [0, 0.05) is 24.2 Å². The molecule has 2 N–H and O–H groups in total. The number of ether oxygens (including phenoxy) is 1. The Morgan fingerprint density at radius 1 is 1.07 bits per heavy atom. The summed E-state index contributed by atoms with van der Waals surface area (Å²) in [7, 11) is 1.51. The number of aromatic nitrogens is 1. The van der Waals surface area contributed by atoms with Gasteiger partial charge in [0.25, 0.3) is 11.5 Å². The number of benzene rings is 2. The van der Waals surface area contributed by atoms with Crippen LogP contribution >= 0.6 is 0 Å². The normalized spacial score (nSPS) is 10.5. The van der Waals surface area contributed by atoms with E-state index in [9.17, 15) is 14.4 Å². The van der Waals surface area contributed by atoms with Crippen molar-refractivity contribution < 1.29 is 14.3 Å². The zero-order chi connectivity index (χ0) is 20.1. The summed E-state index contributed by atoms with van der Waals surface area (Å²) in [5, 5.41) is 5.90. The second-order valence-corrected chi connectivity index (χ2v) is 6.08. The number of anilines is 1. The Morgan fingerprint density at radius 3 is 2.46 bits per heavy atom. The molecule has 3 aromatic rings. The fraction of sp³-hybridized carbons (Fsp3) is 0.190. The molecule has 1 aromatic heterocycles. The zero-order valence-electron chi connectivity index (χ0n) is 15.7. The van der Waals surface area contributed by atoms with E-state index in [0.717, 1.165) is 0 Å². The number of carbonyl (C=O) groups is 2. The predicted octanol–water partition coefficient (Wildman–Crippen LogP) is 2.40. The van der Waals surface area contributed by atoms with Crippen LogP contribution in [0.25, 0.3) is 10.9 Å². The van der Waals surface area contributed by atoms with Crippen molar-refractivity contribution in [1.82, 2.24) is 9.88 Å². The van der Waals surface area contributed by atoms with Crippen molar-refractivity contribution in [3.8, 4) is 5.75 Å². The average Bonchev–Trinajstić information content (AvgIpc) is 2.71. The smallest absolute Gasteiger partial charge is 0.252 e. The van der Waals surface area contributed by atoms with Crippen LogP contribution in [-0.2, 0) is 11.3 Å². The van der Waals surface area contributed by atoms with Gasteiger partial charge in [-0.2, -0.15) is 0 Å². The van der Waals surface area contributed by atoms with Crippen LogP contribution in [0.2, 0.25) is 0 Å². The third-order valence-electron chi connectivity index (χ3n) is 4.24. The molecule has 7 heteroatoms. The van der Waals surface area contributed by atoms with Crippen LogP contribution in [0.15, 0.2) is 59.4 Å².